The summed E-state index contributed by atoms with van der Waals surface area (Å²) in [6.07, 6.45) is -0.360. The third-order valence-electron chi connectivity index (χ3n) is 3.27. The SMILES string of the molecule is CC(C)(C)OC(=O)N[C@@H]1CCC(=O)N(OCc2ccccc2)C1=O. The summed E-state index contributed by atoms with van der Waals surface area (Å²) in [4.78, 5) is 41.4. The highest BCUT2D eigenvalue weighted by molar-refractivity contribution is 6.00. The Kier molecular flexibility index (Phi) is 5.56. The first-order valence-corrected chi connectivity index (χ1v) is 7.79. The number of rotatable bonds is 4. The molecule has 0 unspecified atom stereocenters. The Morgan fingerprint density at radius 2 is 1.92 bits per heavy atom. The van der Waals surface area contributed by atoms with E-state index in [0.717, 1.165) is 10.6 Å². The van der Waals surface area contributed by atoms with Gasteiger partial charge in [-0.15, -0.1) is 0 Å². The zero-order valence-electron chi connectivity index (χ0n) is 14.1. The second kappa shape index (κ2) is 7.44. The molecule has 7 heteroatoms. The molecule has 1 aliphatic rings. The summed E-state index contributed by atoms with van der Waals surface area (Å²) in [5, 5.41) is 3.22. The zero-order chi connectivity index (χ0) is 17.7. The number of imide groups is 1. The minimum Gasteiger partial charge on any atom is -0.444 e. The Balaban J connectivity index is 1.95. The van der Waals surface area contributed by atoms with E-state index in [1.807, 2.05) is 30.3 Å². The quantitative estimate of drug-likeness (QED) is 0.853. The van der Waals surface area contributed by atoms with Gasteiger partial charge in [0.15, 0.2) is 0 Å². The molecule has 24 heavy (non-hydrogen) atoms. The molecule has 1 N–H and O–H groups in total. The molecule has 2 rings (SSSR count). The van der Waals surface area contributed by atoms with Crippen molar-refractivity contribution in [2.75, 3.05) is 0 Å². The molecule has 1 aromatic carbocycles. The average molecular weight is 334 g/mol. The lowest BCUT2D eigenvalue weighted by Crippen LogP contribution is -2.54. The number of piperidine rings is 1. The van der Waals surface area contributed by atoms with Crippen molar-refractivity contribution < 1.29 is 24.0 Å². The molecule has 1 fully saturated rings. The smallest absolute Gasteiger partial charge is 0.408 e. The summed E-state index contributed by atoms with van der Waals surface area (Å²) >= 11 is 0. The number of carbonyl (C=O) groups is 3. The zero-order valence-corrected chi connectivity index (χ0v) is 14.1. The van der Waals surface area contributed by atoms with Crippen LogP contribution in [0.4, 0.5) is 4.79 Å². The number of carbonyl (C=O) groups excluding carboxylic acids is 3. The maximum Gasteiger partial charge on any atom is 0.408 e. The summed E-state index contributed by atoms with van der Waals surface area (Å²) in [6.45, 7) is 5.29. The van der Waals surface area contributed by atoms with Crippen molar-refractivity contribution in [2.45, 2.75) is 51.9 Å². The number of ether oxygens (including phenoxy) is 1. The highest BCUT2D eigenvalue weighted by Gasteiger charge is 2.37. The lowest BCUT2D eigenvalue weighted by molar-refractivity contribution is -0.204. The first kappa shape index (κ1) is 17.9. The van der Waals surface area contributed by atoms with Crippen LogP contribution in [-0.2, 0) is 25.8 Å². The van der Waals surface area contributed by atoms with E-state index >= 15 is 0 Å². The van der Waals surface area contributed by atoms with Crippen LogP contribution in [0.5, 0.6) is 0 Å². The van der Waals surface area contributed by atoms with Crippen molar-refractivity contribution in [3.63, 3.8) is 0 Å². The fourth-order valence-electron chi connectivity index (χ4n) is 2.19. The van der Waals surface area contributed by atoms with Gasteiger partial charge in [-0.25, -0.2) is 4.79 Å². The lowest BCUT2D eigenvalue weighted by atomic mass is 10.1. The van der Waals surface area contributed by atoms with E-state index < -0.39 is 29.6 Å². The van der Waals surface area contributed by atoms with Gasteiger partial charge in [-0.2, -0.15) is 5.06 Å². The van der Waals surface area contributed by atoms with Crippen LogP contribution in [0.25, 0.3) is 0 Å². The predicted octanol–water partition coefficient (Wildman–Crippen LogP) is 2.16. The molecule has 1 heterocycles. The van der Waals surface area contributed by atoms with Crippen LogP contribution in [0, 0.1) is 0 Å². The maximum atomic E-state index is 12.4. The lowest BCUT2D eigenvalue weighted by Gasteiger charge is -2.30. The molecule has 1 saturated heterocycles. The highest BCUT2D eigenvalue weighted by Crippen LogP contribution is 2.16. The van der Waals surface area contributed by atoms with E-state index in [2.05, 4.69) is 5.32 Å². The van der Waals surface area contributed by atoms with Crippen LogP contribution in [0.3, 0.4) is 0 Å². The van der Waals surface area contributed by atoms with Crippen molar-refractivity contribution in [2.24, 2.45) is 0 Å². The van der Waals surface area contributed by atoms with Crippen molar-refractivity contribution in [3.05, 3.63) is 35.9 Å². The number of hydrogen-bond acceptors (Lipinski definition) is 5. The molecule has 1 aromatic rings. The van der Waals surface area contributed by atoms with E-state index in [0.29, 0.717) is 0 Å². The summed E-state index contributed by atoms with van der Waals surface area (Å²) in [6, 6.07) is 8.36. The van der Waals surface area contributed by atoms with Gasteiger partial charge in [-0.1, -0.05) is 30.3 Å². The van der Waals surface area contributed by atoms with Gasteiger partial charge in [0.2, 0.25) is 0 Å². The molecule has 0 spiro atoms. The monoisotopic (exact) mass is 334 g/mol. The fraction of sp³-hybridized carbons (Fsp3) is 0.471. The molecule has 0 bridgehead atoms. The minimum atomic E-state index is -0.840. The second-order valence-corrected chi connectivity index (χ2v) is 6.52. The van der Waals surface area contributed by atoms with Crippen LogP contribution < -0.4 is 5.32 Å². The van der Waals surface area contributed by atoms with Gasteiger partial charge >= 0.3 is 6.09 Å². The van der Waals surface area contributed by atoms with Gasteiger partial charge in [0.25, 0.3) is 11.8 Å². The maximum absolute atomic E-state index is 12.4. The molecule has 1 aliphatic heterocycles. The van der Waals surface area contributed by atoms with Crippen LogP contribution in [-0.4, -0.2) is 34.6 Å². The Bertz CT molecular complexity index is 609. The number of hydrogen-bond donors (Lipinski definition) is 1. The summed E-state index contributed by atoms with van der Waals surface area (Å²) < 4.78 is 5.13. The topological polar surface area (TPSA) is 84.9 Å². The van der Waals surface area contributed by atoms with Crippen LogP contribution in [0.2, 0.25) is 0 Å². The minimum absolute atomic E-state index is 0.0947. The number of alkyl carbamates (subject to hydrolysis) is 1. The van der Waals surface area contributed by atoms with Crippen molar-refractivity contribution in [3.8, 4) is 0 Å². The Morgan fingerprint density at radius 1 is 1.25 bits per heavy atom. The molecular formula is C17H22N2O5. The van der Waals surface area contributed by atoms with E-state index in [-0.39, 0.29) is 19.4 Å². The summed E-state index contributed by atoms with van der Waals surface area (Å²) in [7, 11) is 0. The number of hydroxylamine groups is 2. The van der Waals surface area contributed by atoms with E-state index in [1.165, 1.54) is 0 Å². The number of nitrogens with zero attached hydrogens (tertiary/aromatic N) is 1. The molecule has 0 aliphatic carbocycles. The van der Waals surface area contributed by atoms with Crippen molar-refractivity contribution >= 4 is 17.9 Å². The van der Waals surface area contributed by atoms with Crippen molar-refractivity contribution in [1.82, 2.24) is 10.4 Å². The summed E-state index contributed by atoms with van der Waals surface area (Å²) in [5.41, 5.74) is 0.168. The second-order valence-electron chi connectivity index (χ2n) is 6.52. The molecule has 7 nitrogen and oxygen atoms in total. The third-order valence-corrected chi connectivity index (χ3v) is 3.27. The first-order chi connectivity index (χ1) is 11.3. The van der Waals surface area contributed by atoms with Gasteiger partial charge in [0.05, 0.1) is 0 Å². The molecule has 130 valence electrons. The van der Waals surface area contributed by atoms with Crippen LogP contribution >= 0.6 is 0 Å². The van der Waals surface area contributed by atoms with Crippen LogP contribution in [0.15, 0.2) is 30.3 Å². The van der Waals surface area contributed by atoms with E-state index in [1.54, 1.807) is 20.8 Å². The largest absolute Gasteiger partial charge is 0.444 e. The molecule has 0 saturated carbocycles. The molecule has 3 amide bonds. The fourth-order valence-corrected chi connectivity index (χ4v) is 2.19. The standard InChI is InChI=1S/C17H22N2O5/c1-17(2,3)24-16(22)18-13-9-10-14(20)19(15(13)21)23-11-12-7-5-4-6-8-12/h4-8,13H,9-11H2,1-3H3,(H,18,22)/t13-/m1/s1. The number of benzene rings is 1. The van der Waals surface area contributed by atoms with Gasteiger partial charge in [0, 0.05) is 6.42 Å². The van der Waals surface area contributed by atoms with Crippen LogP contribution in [0.1, 0.15) is 39.2 Å². The van der Waals surface area contributed by atoms with Gasteiger partial charge in [-0.3, -0.25) is 14.4 Å². The number of amides is 3. The Hall–Kier alpha value is -2.41. The summed E-state index contributed by atoms with van der Waals surface area (Å²) in [5.74, 6) is -1.01. The average Bonchev–Trinajstić information content (AvgIpc) is 2.49. The Labute approximate surface area is 140 Å². The molecule has 0 aromatic heterocycles. The Morgan fingerprint density at radius 3 is 2.54 bits per heavy atom. The molecule has 0 radical (unpaired) electrons. The third kappa shape index (κ3) is 5.06. The molecule has 1 atom stereocenters. The van der Waals surface area contributed by atoms with E-state index in [4.69, 9.17) is 9.57 Å². The normalized spacial score (nSPS) is 18.5. The molecular weight excluding hydrogens is 312 g/mol. The van der Waals surface area contributed by atoms with Gasteiger partial charge in [-0.05, 0) is 32.8 Å². The number of nitrogens with one attached hydrogen (secondary N) is 1. The van der Waals surface area contributed by atoms with Crippen molar-refractivity contribution in [1.29, 1.82) is 0 Å². The van der Waals surface area contributed by atoms with Gasteiger partial charge < -0.3 is 10.1 Å². The highest BCUT2D eigenvalue weighted by atomic mass is 16.7. The predicted molar refractivity (Wildman–Crippen MR) is 85.5 cm³/mol. The first-order valence-electron chi connectivity index (χ1n) is 7.79. The van der Waals surface area contributed by atoms with E-state index in [9.17, 15) is 14.4 Å². The van der Waals surface area contributed by atoms with Gasteiger partial charge in [0.1, 0.15) is 18.2 Å².